The molecule has 2 fully saturated rings. The molecule has 0 spiro atoms. The van der Waals surface area contributed by atoms with Gasteiger partial charge in [-0.15, -0.1) is 0 Å². The van der Waals surface area contributed by atoms with Crippen LogP contribution in [0, 0.1) is 22.7 Å². The Morgan fingerprint density at radius 3 is 2.35 bits per heavy atom. The van der Waals surface area contributed by atoms with Crippen molar-refractivity contribution in [3.8, 4) is 0 Å². The lowest BCUT2D eigenvalue weighted by Gasteiger charge is -2.32. The van der Waals surface area contributed by atoms with Gasteiger partial charge in [-0.25, -0.2) is 0 Å². The van der Waals surface area contributed by atoms with E-state index in [2.05, 4.69) is 33.0 Å². The molecule has 2 saturated carbocycles. The molecular weight excluding hydrogens is 206 g/mol. The van der Waals surface area contributed by atoms with E-state index >= 15 is 0 Å². The van der Waals surface area contributed by atoms with Crippen molar-refractivity contribution >= 4 is 0 Å². The summed E-state index contributed by atoms with van der Waals surface area (Å²) < 4.78 is 0. The Balaban J connectivity index is 1.79. The van der Waals surface area contributed by atoms with E-state index in [4.69, 9.17) is 0 Å². The highest BCUT2D eigenvalue weighted by Gasteiger charge is 2.52. The molecule has 0 aliphatic heterocycles. The van der Waals surface area contributed by atoms with Gasteiger partial charge in [0, 0.05) is 6.54 Å². The van der Waals surface area contributed by atoms with Gasteiger partial charge in [-0.3, -0.25) is 0 Å². The van der Waals surface area contributed by atoms with E-state index in [9.17, 15) is 0 Å². The second-order valence-corrected chi connectivity index (χ2v) is 7.86. The predicted octanol–water partition coefficient (Wildman–Crippen LogP) is 4.23. The standard InChI is InChI=1S/C16H31N/c1-5-17-12-16(8-6-7-15(2,3)4)10-13-9-14(13)11-16/h13-14,17H,5-12H2,1-4H3. The van der Waals surface area contributed by atoms with Gasteiger partial charge >= 0.3 is 0 Å². The molecule has 2 unspecified atom stereocenters. The molecule has 2 atom stereocenters. The first kappa shape index (κ1) is 13.4. The molecule has 0 heterocycles. The van der Waals surface area contributed by atoms with E-state index in [0.717, 1.165) is 18.4 Å². The molecule has 0 aromatic heterocycles. The van der Waals surface area contributed by atoms with Gasteiger partial charge in [-0.2, -0.15) is 0 Å². The molecule has 2 rings (SSSR count). The Morgan fingerprint density at radius 2 is 1.82 bits per heavy atom. The number of nitrogens with one attached hydrogen (secondary N) is 1. The molecule has 1 N–H and O–H groups in total. The number of rotatable bonds is 6. The van der Waals surface area contributed by atoms with Crippen molar-refractivity contribution in [2.24, 2.45) is 22.7 Å². The Morgan fingerprint density at radius 1 is 1.18 bits per heavy atom. The zero-order valence-electron chi connectivity index (χ0n) is 12.3. The lowest BCUT2D eigenvalue weighted by atomic mass is 9.76. The zero-order chi connectivity index (χ0) is 12.5. The molecular formula is C16H31N. The van der Waals surface area contributed by atoms with E-state index in [1.165, 1.54) is 38.6 Å². The normalized spacial score (nSPS) is 36.0. The van der Waals surface area contributed by atoms with Crippen LogP contribution in [0.5, 0.6) is 0 Å². The molecule has 0 aromatic carbocycles. The molecule has 0 radical (unpaired) electrons. The second-order valence-electron chi connectivity index (χ2n) is 7.86. The van der Waals surface area contributed by atoms with E-state index in [1.54, 1.807) is 6.42 Å². The van der Waals surface area contributed by atoms with Crippen LogP contribution in [-0.4, -0.2) is 13.1 Å². The predicted molar refractivity (Wildman–Crippen MR) is 75.1 cm³/mol. The summed E-state index contributed by atoms with van der Waals surface area (Å²) in [4.78, 5) is 0. The fourth-order valence-electron chi connectivity index (χ4n) is 3.83. The smallest absolute Gasteiger partial charge is 0.000790 e. The molecule has 2 aliphatic rings. The maximum absolute atomic E-state index is 3.62. The van der Waals surface area contributed by atoms with Crippen LogP contribution in [0.2, 0.25) is 0 Å². The van der Waals surface area contributed by atoms with Crippen molar-refractivity contribution in [2.75, 3.05) is 13.1 Å². The molecule has 1 heteroatoms. The maximum atomic E-state index is 3.62. The summed E-state index contributed by atoms with van der Waals surface area (Å²) in [5.74, 6) is 2.23. The van der Waals surface area contributed by atoms with Crippen molar-refractivity contribution in [1.29, 1.82) is 0 Å². The average Bonchev–Trinajstić information content (AvgIpc) is 2.83. The van der Waals surface area contributed by atoms with Crippen LogP contribution in [0.3, 0.4) is 0 Å². The van der Waals surface area contributed by atoms with Gasteiger partial charge in [0.2, 0.25) is 0 Å². The third-order valence-corrected chi connectivity index (χ3v) is 4.84. The molecule has 2 aliphatic carbocycles. The summed E-state index contributed by atoms with van der Waals surface area (Å²) in [7, 11) is 0. The first-order valence-electron chi connectivity index (χ1n) is 7.65. The number of fused-ring (bicyclic) bond motifs is 1. The van der Waals surface area contributed by atoms with Crippen LogP contribution >= 0.6 is 0 Å². The summed E-state index contributed by atoms with van der Waals surface area (Å²) >= 11 is 0. The molecule has 0 amide bonds. The Bertz CT molecular complexity index is 241. The van der Waals surface area contributed by atoms with Gasteiger partial charge in [0.05, 0.1) is 0 Å². The quantitative estimate of drug-likeness (QED) is 0.729. The number of hydrogen-bond acceptors (Lipinski definition) is 1. The van der Waals surface area contributed by atoms with Crippen LogP contribution in [0.15, 0.2) is 0 Å². The average molecular weight is 237 g/mol. The van der Waals surface area contributed by atoms with Crippen molar-refractivity contribution in [1.82, 2.24) is 5.32 Å². The van der Waals surface area contributed by atoms with Crippen molar-refractivity contribution in [3.63, 3.8) is 0 Å². The maximum Gasteiger partial charge on any atom is 0.000790 e. The third-order valence-electron chi connectivity index (χ3n) is 4.84. The highest BCUT2D eigenvalue weighted by Crippen LogP contribution is 2.61. The summed E-state index contributed by atoms with van der Waals surface area (Å²) in [6.07, 6.45) is 8.87. The fourth-order valence-corrected chi connectivity index (χ4v) is 3.83. The SMILES string of the molecule is CCNCC1(CCCC(C)(C)C)CC2CC2C1. The first-order chi connectivity index (χ1) is 7.94. The molecule has 1 nitrogen and oxygen atoms in total. The summed E-state index contributed by atoms with van der Waals surface area (Å²) in [6.45, 7) is 11.8. The second kappa shape index (κ2) is 4.91. The minimum absolute atomic E-state index is 0.515. The van der Waals surface area contributed by atoms with Crippen LogP contribution in [0.1, 0.15) is 66.2 Å². The topological polar surface area (TPSA) is 12.0 Å². The van der Waals surface area contributed by atoms with Crippen molar-refractivity contribution in [2.45, 2.75) is 66.2 Å². The number of hydrogen-bond donors (Lipinski definition) is 1. The van der Waals surface area contributed by atoms with E-state index < -0.39 is 0 Å². The summed E-state index contributed by atoms with van der Waals surface area (Å²) in [6, 6.07) is 0. The monoisotopic (exact) mass is 237 g/mol. The highest BCUT2D eigenvalue weighted by molar-refractivity contribution is 5.04. The van der Waals surface area contributed by atoms with E-state index in [0.29, 0.717) is 10.8 Å². The van der Waals surface area contributed by atoms with Crippen LogP contribution in [0.25, 0.3) is 0 Å². The first-order valence-corrected chi connectivity index (χ1v) is 7.65. The Kier molecular flexibility index (Phi) is 3.87. The highest BCUT2D eigenvalue weighted by atomic mass is 14.9. The molecule has 0 saturated heterocycles. The van der Waals surface area contributed by atoms with E-state index in [-0.39, 0.29) is 0 Å². The van der Waals surface area contributed by atoms with Crippen LogP contribution in [0.4, 0.5) is 0 Å². The van der Waals surface area contributed by atoms with Gasteiger partial charge in [0.1, 0.15) is 0 Å². The summed E-state index contributed by atoms with van der Waals surface area (Å²) in [5, 5.41) is 3.62. The minimum Gasteiger partial charge on any atom is -0.316 e. The third kappa shape index (κ3) is 3.71. The Hall–Kier alpha value is -0.0400. The molecule has 100 valence electrons. The van der Waals surface area contributed by atoms with Gasteiger partial charge in [0.15, 0.2) is 0 Å². The molecule has 0 aromatic rings. The molecule has 0 bridgehead atoms. The lowest BCUT2D eigenvalue weighted by molar-refractivity contribution is 0.210. The van der Waals surface area contributed by atoms with E-state index in [1.807, 2.05) is 0 Å². The van der Waals surface area contributed by atoms with Gasteiger partial charge in [-0.1, -0.05) is 34.1 Å². The lowest BCUT2D eigenvalue weighted by Crippen LogP contribution is -2.33. The largest absolute Gasteiger partial charge is 0.316 e. The van der Waals surface area contributed by atoms with Crippen molar-refractivity contribution in [3.05, 3.63) is 0 Å². The fraction of sp³-hybridized carbons (Fsp3) is 1.00. The van der Waals surface area contributed by atoms with Gasteiger partial charge < -0.3 is 5.32 Å². The van der Waals surface area contributed by atoms with Crippen LogP contribution < -0.4 is 5.32 Å². The van der Waals surface area contributed by atoms with Gasteiger partial charge in [-0.05, 0) is 61.3 Å². The minimum atomic E-state index is 0.515. The van der Waals surface area contributed by atoms with Crippen molar-refractivity contribution < 1.29 is 0 Å². The van der Waals surface area contributed by atoms with Crippen LogP contribution in [-0.2, 0) is 0 Å². The van der Waals surface area contributed by atoms with Gasteiger partial charge in [0.25, 0.3) is 0 Å². The molecule has 17 heavy (non-hydrogen) atoms. The zero-order valence-corrected chi connectivity index (χ0v) is 12.3. The summed E-state index contributed by atoms with van der Waals surface area (Å²) in [5.41, 5.74) is 1.19. The Labute approximate surface area is 108 Å².